The smallest absolute Gasteiger partial charge is 0.0625 e. The van der Waals surface area contributed by atoms with E-state index in [9.17, 15) is 5.11 Å². The second-order valence-corrected chi connectivity index (χ2v) is 5.80. The first kappa shape index (κ1) is 13.6. The number of aliphatic hydroxyl groups is 1. The van der Waals surface area contributed by atoms with Crippen LogP contribution in [0.5, 0.6) is 0 Å². The van der Waals surface area contributed by atoms with Gasteiger partial charge in [0.25, 0.3) is 0 Å². The van der Waals surface area contributed by atoms with Crippen molar-refractivity contribution in [1.29, 1.82) is 0 Å². The third-order valence-electron chi connectivity index (χ3n) is 4.32. The van der Waals surface area contributed by atoms with E-state index in [1.165, 1.54) is 5.69 Å². The van der Waals surface area contributed by atoms with Gasteiger partial charge in [0.15, 0.2) is 0 Å². The lowest BCUT2D eigenvalue weighted by molar-refractivity contribution is -0.0731. The van der Waals surface area contributed by atoms with Crippen molar-refractivity contribution in [3.05, 3.63) is 17.5 Å². The van der Waals surface area contributed by atoms with Gasteiger partial charge in [0, 0.05) is 24.5 Å². The Hall–Kier alpha value is -0.870. The summed E-state index contributed by atoms with van der Waals surface area (Å²) in [5.41, 5.74) is 2.39. The van der Waals surface area contributed by atoms with E-state index in [0.717, 1.165) is 31.6 Å². The summed E-state index contributed by atoms with van der Waals surface area (Å²) in [6.45, 7) is 10.2. The fraction of sp³-hybridized carbons (Fsp3) is 0.786. The molecule has 1 aromatic rings. The van der Waals surface area contributed by atoms with Gasteiger partial charge in [-0.25, -0.2) is 0 Å². The van der Waals surface area contributed by atoms with Crippen molar-refractivity contribution >= 4 is 0 Å². The van der Waals surface area contributed by atoms with E-state index < -0.39 is 0 Å². The quantitative estimate of drug-likeness (QED) is 0.837. The summed E-state index contributed by atoms with van der Waals surface area (Å²) in [7, 11) is 0. The summed E-state index contributed by atoms with van der Waals surface area (Å²) in [6, 6.07) is 2.58. The van der Waals surface area contributed by atoms with Crippen molar-refractivity contribution in [1.82, 2.24) is 15.1 Å². The molecular formula is C14H25N3O. The van der Waals surface area contributed by atoms with Gasteiger partial charge in [-0.15, -0.1) is 0 Å². The molecule has 4 nitrogen and oxygen atoms in total. The molecule has 0 spiro atoms. The van der Waals surface area contributed by atoms with Crippen LogP contribution in [-0.4, -0.2) is 27.0 Å². The number of nitrogens with zero attached hydrogens (tertiary/aromatic N) is 2. The van der Waals surface area contributed by atoms with Crippen LogP contribution in [0.25, 0.3) is 0 Å². The molecule has 2 N–H and O–H groups in total. The second-order valence-electron chi connectivity index (χ2n) is 5.80. The van der Waals surface area contributed by atoms with Crippen LogP contribution in [-0.2, 0) is 19.5 Å². The van der Waals surface area contributed by atoms with Crippen LogP contribution >= 0.6 is 0 Å². The maximum atomic E-state index is 9.73. The molecule has 0 amide bonds. The minimum atomic E-state index is -0.169. The Balaban J connectivity index is 1.96. The highest BCUT2D eigenvalue weighted by Crippen LogP contribution is 2.40. The highest BCUT2D eigenvalue weighted by atomic mass is 16.3. The molecular weight excluding hydrogens is 226 g/mol. The normalized spacial score (nSPS) is 26.1. The number of nitrogens with one attached hydrogen (secondary N) is 1. The highest BCUT2D eigenvalue weighted by Gasteiger charge is 2.46. The van der Waals surface area contributed by atoms with Crippen molar-refractivity contribution in [3.8, 4) is 0 Å². The molecule has 1 aliphatic carbocycles. The first-order chi connectivity index (χ1) is 8.48. The summed E-state index contributed by atoms with van der Waals surface area (Å²) in [5, 5.41) is 17.8. The lowest BCUT2D eigenvalue weighted by atomic mass is 9.64. The third kappa shape index (κ3) is 2.31. The van der Waals surface area contributed by atoms with Gasteiger partial charge in [-0.05, 0) is 25.8 Å². The van der Waals surface area contributed by atoms with Gasteiger partial charge in [0.05, 0.1) is 17.5 Å². The highest BCUT2D eigenvalue weighted by molar-refractivity contribution is 5.11. The van der Waals surface area contributed by atoms with Crippen molar-refractivity contribution in [2.75, 3.05) is 0 Å². The Bertz CT molecular complexity index is 411. The van der Waals surface area contributed by atoms with Crippen LogP contribution in [0.4, 0.5) is 0 Å². The van der Waals surface area contributed by atoms with Gasteiger partial charge in [-0.2, -0.15) is 5.10 Å². The average Bonchev–Trinajstić information content (AvgIpc) is 2.76. The maximum absolute atomic E-state index is 9.73. The van der Waals surface area contributed by atoms with Crippen molar-refractivity contribution in [2.24, 2.45) is 5.41 Å². The van der Waals surface area contributed by atoms with Gasteiger partial charge in [-0.1, -0.05) is 20.8 Å². The van der Waals surface area contributed by atoms with Crippen LogP contribution in [0.1, 0.15) is 45.5 Å². The lowest BCUT2D eigenvalue weighted by Crippen LogP contribution is -2.59. The molecule has 0 aliphatic heterocycles. The van der Waals surface area contributed by atoms with Crippen LogP contribution in [0.2, 0.25) is 0 Å². The van der Waals surface area contributed by atoms with Crippen LogP contribution in [0.3, 0.4) is 0 Å². The molecule has 1 saturated carbocycles. The molecule has 0 aromatic carbocycles. The molecule has 18 heavy (non-hydrogen) atoms. The van der Waals surface area contributed by atoms with Crippen LogP contribution in [0.15, 0.2) is 6.07 Å². The van der Waals surface area contributed by atoms with E-state index in [-0.39, 0.29) is 11.5 Å². The van der Waals surface area contributed by atoms with E-state index in [1.807, 2.05) is 0 Å². The Kier molecular flexibility index (Phi) is 3.78. The summed E-state index contributed by atoms with van der Waals surface area (Å²) >= 11 is 0. The molecule has 1 fully saturated rings. The SMILES string of the molecule is CCc1cc(CNC2CC(O)C2(C)C)n(CC)n1. The maximum Gasteiger partial charge on any atom is 0.0625 e. The van der Waals surface area contributed by atoms with E-state index in [2.05, 4.69) is 48.9 Å². The number of aromatic nitrogens is 2. The summed E-state index contributed by atoms with van der Waals surface area (Å²) in [6.07, 6.45) is 1.67. The van der Waals surface area contributed by atoms with Crippen molar-refractivity contribution in [3.63, 3.8) is 0 Å². The average molecular weight is 251 g/mol. The molecule has 0 saturated heterocycles. The molecule has 102 valence electrons. The summed E-state index contributed by atoms with van der Waals surface area (Å²) < 4.78 is 2.06. The Labute approximate surface area is 109 Å². The zero-order valence-electron chi connectivity index (χ0n) is 11.9. The monoisotopic (exact) mass is 251 g/mol. The standard InChI is InChI=1S/C14H25N3O/c1-5-10-7-11(17(6-2)16-10)9-15-12-8-13(18)14(12,3)4/h7,12-13,15,18H,5-6,8-9H2,1-4H3. The van der Waals surface area contributed by atoms with Gasteiger partial charge >= 0.3 is 0 Å². The van der Waals surface area contributed by atoms with E-state index in [1.54, 1.807) is 0 Å². The third-order valence-corrected chi connectivity index (χ3v) is 4.32. The molecule has 2 atom stereocenters. The predicted molar refractivity (Wildman–Crippen MR) is 72.3 cm³/mol. The second kappa shape index (κ2) is 5.02. The number of aryl methyl sites for hydroxylation is 2. The Morgan fingerprint density at radius 1 is 1.50 bits per heavy atom. The summed E-state index contributed by atoms with van der Waals surface area (Å²) in [5.74, 6) is 0. The first-order valence-corrected chi connectivity index (χ1v) is 6.96. The summed E-state index contributed by atoms with van der Waals surface area (Å²) in [4.78, 5) is 0. The van der Waals surface area contributed by atoms with E-state index >= 15 is 0 Å². The molecule has 2 rings (SSSR count). The number of aliphatic hydroxyl groups excluding tert-OH is 1. The lowest BCUT2D eigenvalue weighted by Gasteiger charge is -2.49. The Morgan fingerprint density at radius 2 is 2.22 bits per heavy atom. The minimum absolute atomic E-state index is 0.00927. The molecule has 1 aromatic heterocycles. The fourth-order valence-electron chi connectivity index (χ4n) is 2.58. The van der Waals surface area contributed by atoms with Gasteiger partial charge < -0.3 is 10.4 Å². The Morgan fingerprint density at radius 3 is 2.72 bits per heavy atom. The topological polar surface area (TPSA) is 50.1 Å². The predicted octanol–water partition coefficient (Wildman–Crippen LogP) is 1.71. The number of hydrogen-bond donors (Lipinski definition) is 2. The van der Waals surface area contributed by atoms with Gasteiger partial charge in [0.1, 0.15) is 0 Å². The van der Waals surface area contributed by atoms with Gasteiger partial charge in [0.2, 0.25) is 0 Å². The zero-order chi connectivity index (χ0) is 13.3. The fourth-order valence-corrected chi connectivity index (χ4v) is 2.58. The van der Waals surface area contributed by atoms with E-state index in [0.29, 0.717) is 6.04 Å². The first-order valence-electron chi connectivity index (χ1n) is 6.96. The van der Waals surface area contributed by atoms with Crippen LogP contribution in [0, 0.1) is 5.41 Å². The number of rotatable bonds is 5. The van der Waals surface area contributed by atoms with Gasteiger partial charge in [-0.3, -0.25) is 4.68 Å². The largest absolute Gasteiger partial charge is 0.392 e. The molecule has 1 heterocycles. The van der Waals surface area contributed by atoms with E-state index in [4.69, 9.17) is 0 Å². The molecule has 0 radical (unpaired) electrons. The number of hydrogen-bond acceptors (Lipinski definition) is 3. The molecule has 2 unspecified atom stereocenters. The minimum Gasteiger partial charge on any atom is -0.392 e. The van der Waals surface area contributed by atoms with Crippen molar-refractivity contribution < 1.29 is 5.11 Å². The molecule has 4 heteroatoms. The zero-order valence-corrected chi connectivity index (χ0v) is 11.9. The van der Waals surface area contributed by atoms with Crippen molar-refractivity contribution in [2.45, 2.75) is 65.8 Å². The van der Waals surface area contributed by atoms with Crippen LogP contribution < -0.4 is 5.32 Å². The molecule has 0 bridgehead atoms. The molecule has 1 aliphatic rings.